The number of halogens is 1. The van der Waals surface area contributed by atoms with Crippen LogP contribution < -0.4 is 21.3 Å². The van der Waals surface area contributed by atoms with E-state index in [1.165, 1.54) is 6.92 Å². The van der Waals surface area contributed by atoms with Crippen molar-refractivity contribution in [1.29, 1.82) is 5.26 Å². The maximum Gasteiger partial charge on any atom is 0.333 e. The normalized spacial score (nSPS) is 15.9. The van der Waals surface area contributed by atoms with Gasteiger partial charge in [0.1, 0.15) is 5.75 Å². The molecular weight excluding hydrogens is 319 g/mol. The van der Waals surface area contributed by atoms with Gasteiger partial charge in [0.15, 0.2) is 11.9 Å². The Morgan fingerprint density at radius 2 is 2.08 bits per heavy atom. The molecular formula is C15H11FN4O4. The summed E-state index contributed by atoms with van der Waals surface area (Å²) in [6.45, 7) is 1.53. The van der Waals surface area contributed by atoms with Crippen molar-refractivity contribution in [2.24, 2.45) is 0 Å². The highest BCUT2D eigenvalue weighted by molar-refractivity contribution is 5.98. The number of hydrogen-bond acceptors (Lipinski definition) is 5. The number of nitrogens with zero attached hydrogens (tertiary/aromatic N) is 2. The number of ether oxygens (including phenoxy) is 1. The van der Waals surface area contributed by atoms with Gasteiger partial charge in [-0.05, 0) is 13.0 Å². The van der Waals surface area contributed by atoms with E-state index < -0.39 is 29.1 Å². The van der Waals surface area contributed by atoms with Crippen molar-refractivity contribution in [3.8, 4) is 17.5 Å². The molecule has 0 spiro atoms. The minimum atomic E-state index is -1.04. The second-order valence-corrected chi connectivity index (χ2v) is 5.19. The van der Waals surface area contributed by atoms with Crippen LogP contribution in [0.25, 0.3) is 5.69 Å². The first-order chi connectivity index (χ1) is 11.4. The van der Waals surface area contributed by atoms with Crippen LogP contribution in [0.3, 0.4) is 0 Å². The van der Waals surface area contributed by atoms with Crippen LogP contribution in [0.1, 0.15) is 12.1 Å². The Morgan fingerprint density at radius 1 is 1.33 bits per heavy atom. The molecule has 0 fully saturated rings. The van der Waals surface area contributed by atoms with E-state index in [-0.39, 0.29) is 23.5 Å². The molecule has 1 aromatic heterocycles. The minimum absolute atomic E-state index is 0.0210. The summed E-state index contributed by atoms with van der Waals surface area (Å²) in [5.41, 5.74) is -1.37. The molecule has 2 aromatic rings. The number of nitriles is 1. The number of H-pyrrole nitrogens is 1. The maximum atomic E-state index is 14.4. The third-order valence-corrected chi connectivity index (χ3v) is 3.45. The van der Waals surface area contributed by atoms with Crippen molar-refractivity contribution in [1.82, 2.24) is 9.55 Å². The van der Waals surface area contributed by atoms with Crippen molar-refractivity contribution in [3.05, 3.63) is 50.5 Å². The van der Waals surface area contributed by atoms with Gasteiger partial charge in [0.25, 0.3) is 11.5 Å². The summed E-state index contributed by atoms with van der Waals surface area (Å²) in [5.74, 6) is -1.42. The van der Waals surface area contributed by atoms with Gasteiger partial charge >= 0.3 is 5.69 Å². The SMILES string of the molecule is Cc1cc(=O)n(-c2cc3c(cc2F)OC(CC#N)C(=O)N3)c(=O)[nH]1. The molecule has 1 aliphatic rings. The average molecular weight is 330 g/mol. The first kappa shape index (κ1) is 15.5. The van der Waals surface area contributed by atoms with Gasteiger partial charge in [0, 0.05) is 17.8 Å². The van der Waals surface area contributed by atoms with Crippen molar-refractivity contribution in [2.75, 3.05) is 5.32 Å². The fraction of sp³-hybridized carbons (Fsp3) is 0.200. The molecule has 0 saturated heterocycles. The number of anilines is 1. The van der Waals surface area contributed by atoms with Crippen LogP contribution in [-0.2, 0) is 4.79 Å². The predicted octanol–water partition coefficient (Wildman–Crippen LogP) is 0.586. The molecule has 9 heteroatoms. The van der Waals surface area contributed by atoms with Gasteiger partial charge in [-0.1, -0.05) is 0 Å². The number of amides is 1. The number of fused-ring (bicyclic) bond motifs is 1. The highest BCUT2D eigenvalue weighted by Gasteiger charge is 2.29. The number of hydrogen-bond donors (Lipinski definition) is 2. The van der Waals surface area contributed by atoms with Crippen molar-refractivity contribution in [2.45, 2.75) is 19.4 Å². The Labute approximate surface area is 134 Å². The Kier molecular flexibility index (Phi) is 3.65. The quantitative estimate of drug-likeness (QED) is 0.835. The van der Waals surface area contributed by atoms with Crippen LogP contribution in [0, 0.1) is 24.1 Å². The number of carbonyl (C=O) groups excluding carboxylic acids is 1. The Balaban J connectivity index is 2.14. The topological polar surface area (TPSA) is 117 Å². The second-order valence-electron chi connectivity index (χ2n) is 5.19. The molecule has 1 aromatic carbocycles. The third kappa shape index (κ3) is 2.54. The van der Waals surface area contributed by atoms with E-state index in [1.807, 2.05) is 0 Å². The van der Waals surface area contributed by atoms with Crippen LogP contribution in [0.15, 0.2) is 27.8 Å². The first-order valence-electron chi connectivity index (χ1n) is 6.92. The number of aromatic amines is 1. The summed E-state index contributed by atoms with van der Waals surface area (Å²) in [6.07, 6.45) is -1.23. The fourth-order valence-corrected chi connectivity index (χ4v) is 2.39. The summed E-state index contributed by atoms with van der Waals surface area (Å²) in [7, 11) is 0. The second kappa shape index (κ2) is 5.66. The monoisotopic (exact) mass is 330 g/mol. The Hall–Kier alpha value is -3.41. The first-order valence-corrected chi connectivity index (χ1v) is 6.92. The molecule has 1 atom stereocenters. The molecule has 3 rings (SSSR count). The highest BCUT2D eigenvalue weighted by atomic mass is 19.1. The largest absolute Gasteiger partial charge is 0.477 e. The summed E-state index contributed by atoms with van der Waals surface area (Å²) in [5, 5.41) is 11.1. The van der Waals surface area contributed by atoms with Gasteiger partial charge in [0.05, 0.1) is 23.9 Å². The number of aromatic nitrogens is 2. The molecule has 0 bridgehead atoms. The molecule has 2 N–H and O–H groups in total. The van der Waals surface area contributed by atoms with Crippen LogP contribution in [0.5, 0.6) is 5.75 Å². The van der Waals surface area contributed by atoms with Gasteiger partial charge in [-0.15, -0.1) is 0 Å². The van der Waals surface area contributed by atoms with Crippen LogP contribution >= 0.6 is 0 Å². The molecule has 8 nitrogen and oxygen atoms in total. The number of benzene rings is 1. The van der Waals surface area contributed by atoms with Crippen LogP contribution in [0.4, 0.5) is 10.1 Å². The minimum Gasteiger partial charge on any atom is -0.477 e. The Bertz CT molecular complexity index is 971. The molecule has 24 heavy (non-hydrogen) atoms. The van der Waals surface area contributed by atoms with Gasteiger partial charge < -0.3 is 15.0 Å². The molecule has 0 radical (unpaired) electrons. The number of aryl methyl sites for hydroxylation is 1. The smallest absolute Gasteiger partial charge is 0.333 e. The summed E-state index contributed by atoms with van der Waals surface area (Å²) < 4.78 is 20.3. The van der Waals surface area contributed by atoms with E-state index in [2.05, 4.69) is 10.3 Å². The summed E-state index contributed by atoms with van der Waals surface area (Å²) in [4.78, 5) is 38.2. The molecule has 1 unspecified atom stereocenters. The van der Waals surface area contributed by atoms with E-state index in [4.69, 9.17) is 10.00 Å². The lowest BCUT2D eigenvalue weighted by molar-refractivity contribution is -0.123. The van der Waals surface area contributed by atoms with Crippen LogP contribution in [-0.4, -0.2) is 21.6 Å². The maximum absolute atomic E-state index is 14.4. The number of nitrogens with one attached hydrogen (secondary N) is 2. The number of carbonyl (C=O) groups is 1. The van der Waals surface area contributed by atoms with E-state index in [0.29, 0.717) is 10.3 Å². The molecule has 0 aliphatic carbocycles. The zero-order valence-corrected chi connectivity index (χ0v) is 12.4. The Morgan fingerprint density at radius 3 is 2.75 bits per heavy atom. The van der Waals surface area contributed by atoms with Crippen molar-refractivity contribution < 1.29 is 13.9 Å². The average Bonchev–Trinajstić information content (AvgIpc) is 2.48. The van der Waals surface area contributed by atoms with E-state index in [9.17, 15) is 18.8 Å². The fourth-order valence-electron chi connectivity index (χ4n) is 2.39. The van der Waals surface area contributed by atoms with E-state index in [1.54, 1.807) is 6.07 Å². The summed E-state index contributed by atoms with van der Waals surface area (Å²) in [6, 6.07) is 5.05. The zero-order valence-electron chi connectivity index (χ0n) is 12.4. The van der Waals surface area contributed by atoms with Crippen molar-refractivity contribution >= 4 is 11.6 Å². The highest BCUT2D eigenvalue weighted by Crippen LogP contribution is 2.33. The van der Waals surface area contributed by atoms with E-state index in [0.717, 1.165) is 18.2 Å². The van der Waals surface area contributed by atoms with Crippen molar-refractivity contribution in [3.63, 3.8) is 0 Å². The summed E-state index contributed by atoms with van der Waals surface area (Å²) >= 11 is 0. The standard InChI is InChI=1S/C15H11FN4O4/c1-7-4-13(21)20(15(23)18-7)10-6-9-12(5-8(10)16)24-11(2-3-17)14(22)19-9/h4-6,11H,2H2,1H3,(H,18,23)(H,19,22). The zero-order chi connectivity index (χ0) is 17.4. The number of rotatable bonds is 2. The van der Waals surface area contributed by atoms with Gasteiger partial charge in [0.2, 0.25) is 0 Å². The third-order valence-electron chi connectivity index (χ3n) is 3.45. The van der Waals surface area contributed by atoms with Gasteiger partial charge in [-0.2, -0.15) is 5.26 Å². The van der Waals surface area contributed by atoms with Crippen LogP contribution in [0.2, 0.25) is 0 Å². The van der Waals surface area contributed by atoms with E-state index >= 15 is 0 Å². The molecule has 1 aliphatic heterocycles. The lowest BCUT2D eigenvalue weighted by atomic mass is 10.1. The lowest BCUT2D eigenvalue weighted by Gasteiger charge is -2.25. The van der Waals surface area contributed by atoms with Gasteiger partial charge in [-0.25, -0.2) is 13.8 Å². The molecule has 1 amide bonds. The lowest BCUT2D eigenvalue weighted by Crippen LogP contribution is -2.37. The predicted molar refractivity (Wildman–Crippen MR) is 80.6 cm³/mol. The molecule has 0 saturated carbocycles. The van der Waals surface area contributed by atoms with Gasteiger partial charge in [-0.3, -0.25) is 9.59 Å². The molecule has 122 valence electrons. The molecule has 2 heterocycles.